The molecule has 2 heterocycles. The van der Waals surface area contributed by atoms with E-state index in [0.29, 0.717) is 23.3 Å². The van der Waals surface area contributed by atoms with Crippen molar-refractivity contribution in [3.05, 3.63) is 80.6 Å². The predicted molar refractivity (Wildman–Crippen MR) is 123 cm³/mol. The van der Waals surface area contributed by atoms with Crippen LogP contribution in [-0.2, 0) is 29.5 Å². The second kappa shape index (κ2) is 9.79. The number of carbonyl (C=O) groups excluding carboxylic acids is 1. The fraction of sp³-hybridized carbons (Fsp3) is 0.217. The average molecular weight is 506 g/mol. The summed E-state index contributed by atoms with van der Waals surface area (Å²) >= 11 is 6.37. The van der Waals surface area contributed by atoms with Gasteiger partial charge < -0.3 is 14.6 Å². The number of anilines is 2. The molecule has 4 aromatic rings. The molecule has 0 saturated carbocycles. The first-order valence-electron chi connectivity index (χ1n) is 10.4. The molecule has 0 aliphatic carbocycles. The van der Waals surface area contributed by atoms with Crippen molar-refractivity contribution < 1.29 is 22.7 Å². The summed E-state index contributed by atoms with van der Waals surface area (Å²) in [4.78, 5) is 28.6. The Balaban J connectivity index is 1.78. The van der Waals surface area contributed by atoms with E-state index in [9.17, 15) is 22.8 Å². The van der Waals surface area contributed by atoms with E-state index in [1.54, 1.807) is 37.0 Å². The van der Waals surface area contributed by atoms with Crippen molar-refractivity contribution in [1.29, 1.82) is 0 Å². The van der Waals surface area contributed by atoms with Gasteiger partial charge in [0.2, 0.25) is 5.95 Å². The zero-order valence-corrected chi connectivity index (χ0v) is 19.4. The van der Waals surface area contributed by atoms with E-state index in [1.807, 2.05) is 0 Å². The van der Waals surface area contributed by atoms with E-state index in [4.69, 9.17) is 16.3 Å². The van der Waals surface area contributed by atoms with E-state index < -0.39 is 29.0 Å². The topological polar surface area (TPSA) is 91.0 Å². The lowest BCUT2D eigenvalue weighted by molar-refractivity contribution is -0.142. The molecule has 0 amide bonds. The van der Waals surface area contributed by atoms with Gasteiger partial charge in [-0.2, -0.15) is 10.1 Å². The lowest BCUT2D eigenvalue weighted by Gasteiger charge is -2.17. The first-order chi connectivity index (χ1) is 16.6. The highest BCUT2D eigenvalue weighted by molar-refractivity contribution is 6.34. The third-order valence-corrected chi connectivity index (χ3v) is 5.40. The van der Waals surface area contributed by atoms with Crippen LogP contribution in [0.3, 0.4) is 0 Å². The zero-order chi connectivity index (χ0) is 25.3. The van der Waals surface area contributed by atoms with Gasteiger partial charge in [-0.15, -0.1) is 0 Å². The molecule has 0 fully saturated rings. The Morgan fingerprint density at radius 1 is 1.09 bits per heavy atom. The SMILES string of the molecule is CCOC(=O)Cc1cn(Cc2cc(F)c(F)cc2F)c(Nc2cc3cn(C)nc3cc2Cl)nc1=O. The molecular weight excluding hydrogens is 487 g/mol. The largest absolute Gasteiger partial charge is 0.466 e. The number of nitrogens with one attached hydrogen (secondary N) is 1. The van der Waals surface area contributed by atoms with Crippen molar-refractivity contribution in [2.75, 3.05) is 11.9 Å². The molecule has 8 nitrogen and oxygen atoms in total. The Morgan fingerprint density at radius 3 is 2.57 bits per heavy atom. The molecule has 0 unspecified atom stereocenters. The van der Waals surface area contributed by atoms with Crippen molar-refractivity contribution >= 4 is 40.1 Å². The summed E-state index contributed by atoms with van der Waals surface area (Å²) in [6, 6.07) is 4.45. The van der Waals surface area contributed by atoms with Crippen LogP contribution in [0, 0.1) is 17.5 Å². The molecule has 0 saturated heterocycles. The lowest BCUT2D eigenvalue weighted by Crippen LogP contribution is -2.24. The van der Waals surface area contributed by atoms with Crippen molar-refractivity contribution in [2.24, 2.45) is 7.05 Å². The van der Waals surface area contributed by atoms with Gasteiger partial charge in [0, 0.05) is 42.0 Å². The molecule has 2 aromatic carbocycles. The minimum Gasteiger partial charge on any atom is -0.466 e. The van der Waals surface area contributed by atoms with Gasteiger partial charge in [0.05, 0.1) is 35.8 Å². The lowest BCUT2D eigenvalue weighted by atomic mass is 10.2. The number of carbonyl (C=O) groups is 1. The number of hydrogen-bond acceptors (Lipinski definition) is 6. The monoisotopic (exact) mass is 505 g/mol. The van der Waals surface area contributed by atoms with Crippen molar-refractivity contribution in [1.82, 2.24) is 19.3 Å². The second-order valence-corrected chi connectivity index (χ2v) is 8.09. The van der Waals surface area contributed by atoms with Crippen LogP contribution in [0.1, 0.15) is 18.1 Å². The van der Waals surface area contributed by atoms with Crippen molar-refractivity contribution in [3.63, 3.8) is 0 Å². The molecule has 182 valence electrons. The number of esters is 1. The Hall–Kier alpha value is -3.86. The molecule has 4 rings (SSSR count). The summed E-state index contributed by atoms with van der Waals surface area (Å²) in [5.41, 5.74) is 0.0685. The minimum absolute atomic E-state index is 0.0224. The van der Waals surface area contributed by atoms with E-state index in [0.717, 1.165) is 5.39 Å². The molecule has 0 aliphatic rings. The highest BCUT2D eigenvalue weighted by atomic mass is 35.5. The second-order valence-electron chi connectivity index (χ2n) is 7.68. The molecular formula is C23H19ClF3N5O3. The molecule has 0 atom stereocenters. The van der Waals surface area contributed by atoms with Gasteiger partial charge in [-0.05, 0) is 25.1 Å². The van der Waals surface area contributed by atoms with E-state index >= 15 is 0 Å². The third kappa shape index (κ3) is 5.29. The molecule has 0 spiro atoms. The Kier molecular flexibility index (Phi) is 6.79. The Morgan fingerprint density at radius 2 is 1.83 bits per heavy atom. The van der Waals surface area contributed by atoms with E-state index in [-0.39, 0.29) is 41.7 Å². The van der Waals surface area contributed by atoms with Crippen molar-refractivity contribution in [2.45, 2.75) is 19.9 Å². The van der Waals surface area contributed by atoms with Crippen LogP contribution in [0.5, 0.6) is 0 Å². The van der Waals surface area contributed by atoms with Crippen LogP contribution >= 0.6 is 11.6 Å². The quantitative estimate of drug-likeness (QED) is 0.300. The molecule has 0 aliphatic heterocycles. The Bertz CT molecular complexity index is 1500. The highest BCUT2D eigenvalue weighted by Crippen LogP contribution is 2.29. The number of halogens is 4. The van der Waals surface area contributed by atoms with E-state index in [1.165, 1.54) is 10.8 Å². The van der Waals surface area contributed by atoms with Crippen LogP contribution in [0.15, 0.2) is 41.5 Å². The van der Waals surface area contributed by atoms with Crippen LogP contribution in [-0.4, -0.2) is 31.9 Å². The average Bonchev–Trinajstić information content (AvgIpc) is 3.14. The third-order valence-electron chi connectivity index (χ3n) is 5.09. The van der Waals surface area contributed by atoms with Gasteiger partial charge >= 0.3 is 5.97 Å². The number of hydrogen-bond donors (Lipinski definition) is 1. The first kappa shape index (κ1) is 24.3. The fourth-order valence-corrected chi connectivity index (χ4v) is 3.71. The number of aromatic nitrogens is 4. The minimum atomic E-state index is -1.33. The van der Waals surface area contributed by atoms with Gasteiger partial charge in [0.1, 0.15) is 5.82 Å². The van der Waals surface area contributed by atoms with Gasteiger partial charge in [-0.3, -0.25) is 14.3 Å². The molecule has 35 heavy (non-hydrogen) atoms. The number of benzene rings is 2. The van der Waals surface area contributed by atoms with Crippen molar-refractivity contribution in [3.8, 4) is 0 Å². The van der Waals surface area contributed by atoms with Gasteiger partial charge in [-0.25, -0.2) is 13.2 Å². The van der Waals surface area contributed by atoms with Gasteiger partial charge in [0.25, 0.3) is 5.56 Å². The number of rotatable bonds is 7. The molecule has 12 heteroatoms. The molecule has 0 bridgehead atoms. The predicted octanol–water partition coefficient (Wildman–Crippen LogP) is 4.10. The summed E-state index contributed by atoms with van der Waals surface area (Å²) in [7, 11) is 1.75. The van der Waals surface area contributed by atoms with Crippen LogP contribution in [0.4, 0.5) is 24.8 Å². The molecule has 1 N–H and O–H groups in total. The summed E-state index contributed by atoms with van der Waals surface area (Å²) < 4.78 is 49.4. The summed E-state index contributed by atoms with van der Waals surface area (Å²) in [6.07, 6.45) is 2.67. The van der Waals surface area contributed by atoms with Crippen LogP contribution < -0.4 is 10.9 Å². The maximum absolute atomic E-state index is 14.4. The number of aryl methyl sites for hydroxylation is 1. The van der Waals surface area contributed by atoms with Gasteiger partial charge in [-0.1, -0.05) is 11.6 Å². The Labute approximate surface area is 201 Å². The highest BCUT2D eigenvalue weighted by Gasteiger charge is 2.17. The summed E-state index contributed by atoms with van der Waals surface area (Å²) in [6.45, 7) is 1.41. The molecule has 0 radical (unpaired) electrons. The first-order valence-corrected chi connectivity index (χ1v) is 10.8. The smallest absolute Gasteiger partial charge is 0.310 e. The number of nitrogens with zero attached hydrogens (tertiary/aromatic N) is 4. The number of ether oxygens (including phenoxy) is 1. The van der Waals surface area contributed by atoms with Crippen LogP contribution in [0.25, 0.3) is 10.9 Å². The summed E-state index contributed by atoms with van der Waals surface area (Å²) in [5, 5.41) is 8.22. The normalized spacial score (nSPS) is 11.1. The van der Waals surface area contributed by atoms with E-state index in [2.05, 4.69) is 15.4 Å². The maximum atomic E-state index is 14.4. The molecule has 2 aromatic heterocycles. The standard InChI is InChI=1S/C23H19ClF3N5O3/c1-3-35-21(33)6-14-11-32(10-12-4-17(26)18(27)8-16(12)25)23(29-22(14)34)28-20-5-13-9-31(2)30-19(13)7-15(20)24/h4-5,7-9,11H,3,6,10H2,1-2H3,(H,28,29,34). The number of fused-ring (bicyclic) bond motifs is 1. The fourth-order valence-electron chi connectivity index (χ4n) is 3.50. The maximum Gasteiger partial charge on any atom is 0.310 e. The zero-order valence-electron chi connectivity index (χ0n) is 18.6. The summed E-state index contributed by atoms with van der Waals surface area (Å²) in [5.74, 6) is -4.26. The van der Waals surface area contributed by atoms with Crippen LogP contribution in [0.2, 0.25) is 5.02 Å². The van der Waals surface area contributed by atoms with Gasteiger partial charge in [0.15, 0.2) is 11.6 Å².